The van der Waals surface area contributed by atoms with Crippen LogP contribution < -0.4 is 15.7 Å². The van der Waals surface area contributed by atoms with Crippen molar-refractivity contribution in [1.29, 1.82) is 0 Å². The number of ether oxygens (including phenoxy) is 1. The Bertz CT molecular complexity index is 1150. The minimum Gasteiger partial charge on any atom is -0.486 e. The van der Waals surface area contributed by atoms with Crippen molar-refractivity contribution in [2.45, 2.75) is 6.61 Å². The van der Waals surface area contributed by atoms with Crippen molar-refractivity contribution in [2.24, 2.45) is 0 Å². The Morgan fingerprint density at radius 2 is 1.85 bits per heavy atom. The van der Waals surface area contributed by atoms with Gasteiger partial charge in [-0.2, -0.15) is 0 Å². The Morgan fingerprint density at radius 3 is 2.70 bits per heavy atom. The molecule has 0 aliphatic heterocycles. The summed E-state index contributed by atoms with van der Waals surface area (Å²) in [5.41, 5.74) is -0.371. The first-order valence-corrected chi connectivity index (χ1v) is 8.85. The van der Waals surface area contributed by atoms with Gasteiger partial charge in [0.2, 0.25) is 5.13 Å². The van der Waals surface area contributed by atoms with Crippen LogP contribution in [0, 0.1) is 0 Å². The van der Waals surface area contributed by atoms with E-state index < -0.39 is 11.5 Å². The molecule has 0 saturated carbocycles. The number of anilines is 1. The molecule has 0 bridgehead atoms. The molecule has 0 saturated heterocycles. The lowest BCUT2D eigenvalue weighted by atomic mass is 10.2. The van der Waals surface area contributed by atoms with Crippen LogP contribution in [0.15, 0.2) is 69.9 Å². The zero-order valence-corrected chi connectivity index (χ0v) is 14.7. The first-order valence-electron chi connectivity index (χ1n) is 8.03. The number of fused-ring (bicyclic) bond motifs is 1. The standard InChI is InChI=1S/C19H13N3O4S/c23-17(14-10-12-6-4-5-9-15(12)26-18(14)24)20-19-22-21-16(27-19)11-25-13-7-2-1-3-8-13/h1-10H,11H2,(H,20,22,23). The second kappa shape index (κ2) is 7.38. The summed E-state index contributed by atoms with van der Waals surface area (Å²) < 4.78 is 10.8. The molecule has 0 unspecified atom stereocenters. The fourth-order valence-electron chi connectivity index (χ4n) is 2.41. The lowest BCUT2D eigenvalue weighted by Gasteiger charge is -2.02. The van der Waals surface area contributed by atoms with Crippen LogP contribution in [0.25, 0.3) is 11.0 Å². The number of nitrogens with one attached hydrogen (secondary N) is 1. The summed E-state index contributed by atoms with van der Waals surface area (Å²) in [5, 5.41) is 12.0. The lowest BCUT2D eigenvalue weighted by Crippen LogP contribution is -2.20. The summed E-state index contributed by atoms with van der Waals surface area (Å²) in [7, 11) is 0. The molecule has 8 heteroatoms. The molecular weight excluding hydrogens is 366 g/mol. The van der Waals surface area contributed by atoms with Gasteiger partial charge in [0, 0.05) is 5.39 Å². The normalized spacial score (nSPS) is 10.7. The predicted octanol–water partition coefficient (Wildman–Crippen LogP) is 3.48. The van der Waals surface area contributed by atoms with Crippen molar-refractivity contribution < 1.29 is 13.9 Å². The summed E-state index contributed by atoms with van der Waals surface area (Å²) in [4.78, 5) is 24.5. The number of aromatic nitrogens is 2. The van der Waals surface area contributed by atoms with Gasteiger partial charge < -0.3 is 9.15 Å². The topological polar surface area (TPSA) is 94.3 Å². The van der Waals surface area contributed by atoms with E-state index >= 15 is 0 Å². The van der Waals surface area contributed by atoms with Crippen LogP contribution in [0.1, 0.15) is 15.4 Å². The maximum atomic E-state index is 12.4. The molecule has 4 aromatic rings. The van der Waals surface area contributed by atoms with Crippen LogP contribution in [-0.2, 0) is 6.61 Å². The SMILES string of the molecule is O=C(Nc1nnc(COc2ccccc2)s1)c1cc2ccccc2oc1=O. The molecule has 134 valence electrons. The molecule has 7 nitrogen and oxygen atoms in total. The van der Waals surface area contributed by atoms with E-state index in [-0.39, 0.29) is 17.3 Å². The molecule has 0 radical (unpaired) electrons. The Balaban J connectivity index is 1.46. The summed E-state index contributed by atoms with van der Waals surface area (Å²) in [6, 6.07) is 17.8. The minimum absolute atomic E-state index is 0.0917. The van der Waals surface area contributed by atoms with Gasteiger partial charge in [-0.05, 0) is 24.3 Å². The van der Waals surface area contributed by atoms with E-state index in [1.54, 1.807) is 24.3 Å². The van der Waals surface area contributed by atoms with Gasteiger partial charge >= 0.3 is 5.63 Å². The number of para-hydroxylation sites is 2. The maximum Gasteiger partial charge on any atom is 0.349 e. The minimum atomic E-state index is -0.705. The van der Waals surface area contributed by atoms with Crippen LogP contribution in [-0.4, -0.2) is 16.1 Å². The summed E-state index contributed by atoms with van der Waals surface area (Å²) >= 11 is 1.17. The second-order valence-corrected chi connectivity index (χ2v) is 6.60. The number of hydrogen-bond acceptors (Lipinski definition) is 7. The lowest BCUT2D eigenvalue weighted by molar-refractivity contribution is 0.102. The monoisotopic (exact) mass is 379 g/mol. The third kappa shape index (κ3) is 3.85. The van der Waals surface area contributed by atoms with Crippen molar-refractivity contribution in [3.8, 4) is 5.75 Å². The highest BCUT2D eigenvalue weighted by Gasteiger charge is 2.16. The summed E-state index contributed by atoms with van der Waals surface area (Å²) in [6.07, 6.45) is 0. The van der Waals surface area contributed by atoms with Gasteiger partial charge in [-0.1, -0.05) is 47.7 Å². The van der Waals surface area contributed by atoms with Crippen LogP contribution in [0.4, 0.5) is 5.13 Å². The summed E-state index contributed by atoms with van der Waals surface area (Å²) in [6.45, 7) is 0.232. The van der Waals surface area contributed by atoms with Crippen LogP contribution >= 0.6 is 11.3 Å². The van der Waals surface area contributed by atoms with Gasteiger partial charge in [-0.25, -0.2) is 4.79 Å². The van der Waals surface area contributed by atoms with Crippen LogP contribution in [0.5, 0.6) is 5.75 Å². The molecule has 2 aromatic carbocycles. The van der Waals surface area contributed by atoms with Gasteiger partial charge in [0.15, 0.2) is 5.01 Å². The maximum absolute atomic E-state index is 12.4. The molecule has 0 aliphatic rings. The smallest absolute Gasteiger partial charge is 0.349 e. The Morgan fingerprint density at radius 1 is 1.07 bits per heavy atom. The van der Waals surface area contributed by atoms with Crippen molar-refractivity contribution in [3.05, 3.63) is 81.7 Å². The average molecular weight is 379 g/mol. The zero-order valence-electron chi connectivity index (χ0n) is 13.9. The van der Waals surface area contributed by atoms with Crippen LogP contribution in [0.2, 0.25) is 0 Å². The second-order valence-electron chi connectivity index (χ2n) is 5.54. The quantitative estimate of drug-likeness (QED) is 0.534. The Kier molecular flexibility index (Phi) is 4.63. The van der Waals surface area contributed by atoms with Gasteiger partial charge in [-0.3, -0.25) is 10.1 Å². The molecule has 0 aliphatic carbocycles. The Labute approximate surface area is 157 Å². The molecule has 4 rings (SSSR count). The number of carbonyl (C=O) groups is 1. The molecule has 0 atom stereocenters. The van der Waals surface area contributed by atoms with Crippen LogP contribution in [0.3, 0.4) is 0 Å². The fraction of sp³-hybridized carbons (Fsp3) is 0.0526. The highest BCUT2D eigenvalue weighted by Crippen LogP contribution is 2.19. The fourth-order valence-corrected chi connectivity index (χ4v) is 3.06. The van der Waals surface area contributed by atoms with Gasteiger partial charge in [-0.15, -0.1) is 10.2 Å². The predicted molar refractivity (Wildman–Crippen MR) is 101 cm³/mol. The third-order valence-electron chi connectivity index (χ3n) is 3.68. The van der Waals surface area contributed by atoms with Gasteiger partial charge in [0.1, 0.15) is 23.5 Å². The number of carbonyl (C=O) groups excluding carboxylic acids is 1. The number of rotatable bonds is 5. The van der Waals surface area contributed by atoms with Gasteiger partial charge in [0.05, 0.1) is 0 Å². The molecule has 0 spiro atoms. The number of benzene rings is 2. The van der Waals surface area contributed by atoms with E-state index in [0.717, 1.165) is 0 Å². The Hall–Kier alpha value is -3.52. The third-order valence-corrected chi connectivity index (χ3v) is 4.49. The summed E-state index contributed by atoms with van der Waals surface area (Å²) in [5.74, 6) is 0.119. The van der Waals surface area contributed by atoms with E-state index in [0.29, 0.717) is 21.7 Å². The first kappa shape index (κ1) is 16.9. The van der Waals surface area contributed by atoms with Crippen molar-refractivity contribution in [2.75, 3.05) is 5.32 Å². The number of hydrogen-bond donors (Lipinski definition) is 1. The first-order chi connectivity index (χ1) is 13.2. The van der Waals surface area contributed by atoms with Crippen molar-refractivity contribution in [1.82, 2.24) is 10.2 Å². The molecule has 27 heavy (non-hydrogen) atoms. The largest absolute Gasteiger partial charge is 0.486 e. The molecular formula is C19H13N3O4S. The highest BCUT2D eigenvalue weighted by molar-refractivity contribution is 7.15. The molecule has 1 N–H and O–H groups in total. The highest BCUT2D eigenvalue weighted by atomic mass is 32.1. The van der Waals surface area contributed by atoms with E-state index in [2.05, 4.69) is 15.5 Å². The van der Waals surface area contributed by atoms with Crippen molar-refractivity contribution in [3.63, 3.8) is 0 Å². The van der Waals surface area contributed by atoms with E-state index in [9.17, 15) is 9.59 Å². The zero-order chi connectivity index (χ0) is 18.6. The number of nitrogens with zero attached hydrogens (tertiary/aromatic N) is 2. The van der Waals surface area contributed by atoms with E-state index in [1.165, 1.54) is 17.4 Å². The van der Waals surface area contributed by atoms with Gasteiger partial charge in [0.25, 0.3) is 5.91 Å². The van der Waals surface area contributed by atoms with E-state index in [1.807, 2.05) is 30.3 Å². The average Bonchev–Trinajstić information content (AvgIpc) is 3.14. The molecule has 0 fully saturated rings. The van der Waals surface area contributed by atoms with Crippen molar-refractivity contribution >= 4 is 33.3 Å². The number of amides is 1. The molecule has 2 aromatic heterocycles. The van der Waals surface area contributed by atoms with E-state index in [4.69, 9.17) is 9.15 Å². The molecule has 2 heterocycles. The molecule has 1 amide bonds.